The van der Waals surface area contributed by atoms with E-state index in [1.165, 1.54) is 24.3 Å². The molecule has 0 fully saturated rings. The number of aliphatic hydroxyl groups is 1. The normalized spacial score (nSPS) is 9.62. The minimum Gasteiger partial charge on any atom is -0.395 e. The van der Waals surface area contributed by atoms with E-state index >= 15 is 0 Å². The number of benzene rings is 2. The Balaban J connectivity index is 2.11. The molecule has 0 aliphatic carbocycles. The number of hydrogen-bond acceptors (Lipinski definition) is 2. The molecule has 1 amide bonds. The number of hydrogen-bond donors (Lipinski definition) is 2. The number of amides is 1. The zero-order valence-corrected chi connectivity index (χ0v) is 11.3. The maximum absolute atomic E-state index is 12.8. The smallest absolute Gasteiger partial charge is 0.255 e. The van der Waals surface area contributed by atoms with Crippen LogP contribution >= 0.6 is 0 Å². The first-order valence-electron chi connectivity index (χ1n) is 6.46. The van der Waals surface area contributed by atoms with Crippen LogP contribution in [0.2, 0.25) is 0 Å². The number of aliphatic hydroxyl groups excluding tert-OH is 1. The number of anilines is 1. The minimum atomic E-state index is -0.353. The maximum Gasteiger partial charge on any atom is 0.255 e. The molecule has 0 aliphatic rings. The molecule has 0 heterocycles. The van der Waals surface area contributed by atoms with E-state index in [1.807, 2.05) is 0 Å². The van der Waals surface area contributed by atoms with Crippen LogP contribution in [-0.4, -0.2) is 17.6 Å². The Hall–Kier alpha value is -2.64. The summed E-state index contributed by atoms with van der Waals surface area (Å²) in [7, 11) is 0. The minimum absolute atomic E-state index is 0.0117. The van der Waals surface area contributed by atoms with Crippen molar-refractivity contribution in [2.45, 2.75) is 6.42 Å². The maximum atomic E-state index is 12.8. The molecule has 0 saturated heterocycles. The van der Waals surface area contributed by atoms with Crippen molar-refractivity contribution >= 4 is 11.6 Å². The molecular formula is C17H14FNO2. The molecule has 0 radical (unpaired) electrons. The van der Waals surface area contributed by atoms with E-state index in [2.05, 4.69) is 17.2 Å². The molecule has 0 atom stereocenters. The van der Waals surface area contributed by atoms with Gasteiger partial charge in [0, 0.05) is 23.2 Å². The summed E-state index contributed by atoms with van der Waals surface area (Å²) in [5.41, 5.74) is 1.70. The van der Waals surface area contributed by atoms with Gasteiger partial charge in [-0.25, -0.2) is 4.39 Å². The van der Waals surface area contributed by atoms with Crippen LogP contribution in [0.5, 0.6) is 0 Å². The first-order valence-corrected chi connectivity index (χ1v) is 6.46. The molecule has 0 aliphatic heterocycles. The second-order valence-corrected chi connectivity index (χ2v) is 4.32. The van der Waals surface area contributed by atoms with Crippen molar-refractivity contribution in [2.24, 2.45) is 0 Å². The van der Waals surface area contributed by atoms with Gasteiger partial charge in [-0.2, -0.15) is 0 Å². The molecule has 0 bridgehead atoms. The summed E-state index contributed by atoms with van der Waals surface area (Å²) in [6.45, 7) is 0.0117. The average molecular weight is 283 g/mol. The summed E-state index contributed by atoms with van der Waals surface area (Å²) in [5, 5.41) is 11.4. The van der Waals surface area contributed by atoms with Crippen molar-refractivity contribution in [3.8, 4) is 11.8 Å². The number of halogens is 1. The molecule has 106 valence electrons. The molecule has 21 heavy (non-hydrogen) atoms. The highest BCUT2D eigenvalue weighted by Crippen LogP contribution is 2.11. The van der Waals surface area contributed by atoms with E-state index in [9.17, 15) is 9.18 Å². The van der Waals surface area contributed by atoms with Crippen molar-refractivity contribution < 1.29 is 14.3 Å². The second kappa shape index (κ2) is 7.22. The molecule has 0 unspecified atom stereocenters. The fraction of sp³-hybridized carbons (Fsp3) is 0.118. The van der Waals surface area contributed by atoms with Gasteiger partial charge in [-0.05, 0) is 42.5 Å². The molecule has 2 N–H and O–H groups in total. The van der Waals surface area contributed by atoms with Crippen LogP contribution in [0.15, 0.2) is 48.5 Å². The van der Waals surface area contributed by atoms with E-state index in [0.29, 0.717) is 23.2 Å². The summed E-state index contributed by atoms with van der Waals surface area (Å²) >= 11 is 0. The lowest BCUT2D eigenvalue weighted by Crippen LogP contribution is -2.11. The van der Waals surface area contributed by atoms with Crippen molar-refractivity contribution in [3.05, 3.63) is 65.5 Å². The van der Waals surface area contributed by atoms with Gasteiger partial charge in [0.25, 0.3) is 5.91 Å². The van der Waals surface area contributed by atoms with E-state index in [4.69, 9.17) is 5.11 Å². The molecule has 2 aromatic carbocycles. The highest BCUT2D eigenvalue weighted by atomic mass is 19.1. The summed E-state index contributed by atoms with van der Waals surface area (Å²) in [6.07, 6.45) is 0.395. The highest BCUT2D eigenvalue weighted by molar-refractivity contribution is 6.04. The fourth-order valence-corrected chi connectivity index (χ4v) is 1.70. The summed E-state index contributed by atoms with van der Waals surface area (Å²) in [6, 6.07) is 12.4. The van der Waals surface area contributed by atoms with Crippen LogP contribution in [-0.2, 0) is 0 Å². The monoisotopic (exact) mass is 283 g/mol. The molecule has 4 heteroatoms. The van der Waals surface area contributed by atoms with Crippen LogP contribution in [0.1, 0.15) is 22.3 Å². The molecule has 0 saturated carbocycles. The van der Waals surface area contributed by atoms with Gasteiger partial charge in [0.15, 0.2) is 0 Å². The Morgan fingerprint density at radius 3 is 2.67 bits per heavy atom. The van der Waals surface area contributed by atoms with Gasteiger partial charge in [-0.15, -0.1) is 0 Å². The van der Waals surface area contributed by atoms with Gasteiger partial charge in [0.1, 0.15) is 5.82 Å². The third-order valence-electron chi connectivity index (χ3n) is 2.70. The molecule has 0 aromatic heterocycles. The van der Waals surface area contributed by atoms with E-state index < -0.39 is 0 Å². The van der Waals surface area contributed by atoms with Crippen molar-refractivity contribution in [1.29, 1.82) is 0 Å². The summed E-state index contributed by atoms with van der Waals surface area (Å²) < 4.78 is 12.8. The van der Waals surface area contributed by atoms with E-state index in [-0.39, 0.29) is 18.3 Å². The lowest BCUT2D eigenvalue weighted by atomic mass is 10.1. The van der Waals surface area contributed by atoms with Gasteiger partial charge in [0.2, 0.25) is 0 Å². The van der Waals surface area contributed by atoms with Crippen LogP contribution in [0, 0.1) is 17.7 Å². The van der Waals surface area contributed by atoms with Crippen LogP contribution in [0.25, 0.3) is 0 Å². The Morgan fingerprint density at radius 1 is 1.19 bits per heavy atom. The zero-order chi connectivity index (χ0) is 15.1. The third-order valence-corrected chi connectivity index (χ3v) is 2.70. The third kappa shape index (κ3) is 4.44. The second-order valence-electron chi connectivity index (χ2n) is 4.32. The largest absolute Gasteiger partial charge is 0.395 e. The van der Waals surface area contributed by atoms with Crippen LogP contribution in [0.4, 0.5) is 10.1 Å². The lowest BCUT2D eigenvalue weighted by Gasteiger charge is -2.05. The highest BCUT2D eigenvalue weighted by Gasteiger charge is 2.06. The SMILES string of the molecule is O=C(Nc1ccc(F)cc1)c1cccc(C#CCCO)c1. The molecule has 2 aromatic rings. The Labute approximate surface area is 122 Å². The molecule has 0 spiro atoms. The van der Waals surface area contributed by atoms with E-state index in [1.54, 1.807) is 24.3 Å². The van der Waals surface area contributed by atoms with Gasteiger partial charge in [-0.3, -0.25) is 4.79 Å². The number of carbonyl (C=O) groups excluding carboxylic acids is 1. The predicted octanol–water partition coefficient (Wildman–Crippen LogP) is 2.81. The quantitative estimate of drug-likeness (QED) is 0.851. The predicted molar refractivity (Wildman–Crippen MR) is 79.4 cm³/mol. The van der Waals surface area contributed by atoms with Gasteiger partial charge in [0.05, 0.1) is 6.61 Å². The zero-order valence-electron chi connectivity index (χ0n) is 11.3. The average Bonchev–Trinajstić information content (AvgIpc) is 2.50. The standard InChI is InChI=1S/C17H14FNO2/c18-15-7-9-16(10-8-15)19-17(21)14-6-3-5-13(12-14)4-1-2-11-20/h3,5-10,12,20H,2,11H2,(H,19,21). The van der Waals surface area contributed by atoms with Gasteiger partial charge in [-0.1, -0.05) is 17.9 Å². The van der Waals surface area contributed by atoms with Crippen molar-refractivity contribution in [3.63, 3.8) is 0 Å². The topological polar surface area (TPSA) is 49.3 Å². The number of carbonyl (C=O) groups is 1. The number of nitrogens with one attached hydrogen (secondary N) is 1. The van der Waals surface area contributed by atoms with Crippen molar-refractivity contribution in [1.82, 2.24) is 0 Å². The molecule has 2 rings (SSSR count). The van der Waals surface area contributed by atoms with Gasteiger partial charge < -0.3 is 10.4 Å². The lowest BCUT2D eigenvalue weighted by molar-refractivity contribution is 0.102. The first kappa shape index (κ1) is 14.8. The summed E-state index contributed by atoms with van der Waals surface area (Å²) in [5.74, 6) is 5.04. The molecular weight excluding hydrogens is 269 g/mol. The van der Waals surface area contributed by atoms with Crippen molar-refractivity contribution in [2.75, 3.05) is 11.9 Å². The van der Waals surface area contributed by atoms with Gasteiger partial charge >= 0.3 is 0 Å². The van der Waals surface area contributed by atoms with Crippen LogP contribution < -0.4 is 5.32 Å². The van der Waals surface area contributed by atoms with E-state index in [0.717, 1.165) is 0 Å². The number of rotatable bonds is 3. The fourth-order valence-electron chi connectivity index (χ4n) is 1.70. The Bertz CT molecular complexity index is 684. The Morgan fingerprint density at radius 2 is 1.95 bits per heavy atom. The first-order chi connectivity index (χ1) is 10.2. The molecule has 3 nitrogen and oxygen atoms in total. The summed E-state index contributed by atoms with van der Waals surface area (Å²) in [4.78, 5) is 12.1. The van der Waals surface area contributed by atoms with Crippen LogP contribution in [0.3, 0.4) is 0 Å². The Kier molecular flexibility index (Phi) is 5.08.